The smallest absolute Gasteiger partial charge is 0.00342 e. The van der Waals surface area contributed by atoms with Gasteiger partial charge >= 0.3 is 0 Å². The molecule has 3 saturated heterocycles. The van der Waals surface area contributed by atoms with Crippen molar-refractivity contribution in [2.75, 3.05) is 45.8 Å². The van der Waals surface area contributed by atoms with Crippen LogP contribution in [-0.4, -0.2) is 50.7 Å². The highest BCUT2D eigenvalue weighted by atomic mass is 15.2. The number of nitrogens with zero attached hydrogens (tertiary/aromatic N) is 1. The maximum Gasteiger partial charge on any atom is 0.00342 e. The van der Waals surface area contributed by atoms with Crippen LogP contribution in [0.15, 0.2) is 0 Å². The minimum absolute atomic E-state index is 0.951. The molecule has 0 saturated carbocycles. The molecule has 0 aromatic carbocycles. The van der Waals surface area contributed by atoms with Crippen LogP contribution in [0.4, 0.5) is 0 Å². The molecule has 0 radical (unpaired) electrons. The lowest BCUT2D eigenvalue weighted by molar-refractivity contribution is 0.214. The molecule has 2 N–H and O–H groups in total. The molecule has 3 rings (SSSR count). The molecule has 2 atom stereocenters. The van der Waals surface area contributed by atoms with Gasteiger partial charge in [-0.15, -0.1) is 0 Å². The first kappa shape index (κ1) is 8.21. The monoisotopic (exact) mass is 181 g/mol. The van der Waals surface area contributed by atoms with Crippen LogP contribution in [-0.2, 0) is 0 Å². The molecule has 0 aliphatic carbocycles. The van der Waals surface area contributed by atoms with Gasteiger partial charge in [-0.1, -0.05) is 0 Å². The van der Waals surface area contributed by atoms with Gasteiger partial charge in [0.05, 0.1) is 0 Å². The number of hydrogen-bond donors (Lipinski definition) is 2. The van der Waals surface area contributed by atoms with E-state index in [1.54, 1.807) is 0 Å². The fourth-order valence-corrected chi connectivity index (χ4v) is 2.94. The van der Waals surface area contributed by atoms with Crippen LogP contribution in [0, 0.1) is 17.8 Å². The van der Waals surface area contributed by atoms with Gasteiger partial charge in [0.25, 0.3) is 0 Å². The third-order valence-corrected chi connectivity index (χ3v) is 3.85. The summed E-state index contributed by atoms with van der Waals surface area (Å²) in [5, 5.41) is 6.83. The highest BCUT2D eigenvalue weighted by Crippen LogP contribution is 2.26. The molecular weight excluding hydrogens is 162 g/mol. The molecule has 0 aromatic rings. The van der Waals surface area contributed by atoms with Crippen molar-refractivity contribution in [1.29, 1.82) is 0 Å². The molecule has 0 bridgehead atoms. The van der Waals surface area contributed by atoms with E-state index < -0.39 is 0 Å². The number of hydrogen-bond acceptors (Lipinski definition) is 3. The number of nitrogens with one attached hydrogen (secondary N) is 2. The van der Waals surface area contributed by atoms with E-state index in [-0.39, 0.29) is 0 Å². The summed E-state index contributed by atoms with van der Waals surface area (Å²) in [4.78, 5) is 2.68. The standard InChI is InChI=1S/C10H19N3/c1-8(2-11-1)5-13-6-9-3-12-4-10(9)7-13/h8-12H,1-7H2. The Morgan fingerprint density at radius 1 is 0.923 bits per heavy atom. The van der Waals surface area contributed by atoms with Crippen LogP contribution in [0.1, 0.15) is 0 Å². The highest BCUT2D eigenvalue weighted by molar-refractivity contribution is 4.92. The molecule has 3 aliphatic rings. The SMILES string of the molecule is C1NCC1CN1CC2CNCC2C1. The first-order valence-corrected chi connectivity index (χ1v) is 5.55. The summed E-state index contributed by atoms with van der Waals surface area (Å²) < 4.78 is 0. The number of fused-ring (bicyclic) bond motifs is 1. The van der Waals surface area contributed by atoms with Gasteiger partial charge in [0.2, 0.25) is 0 Å². The van der Waals surface area contributed by atoms with E-state index in [1.165, 1.54) is 45.8 Å². The third kappa shape index (κ3) is 1.49. The van der Waals surface area contributed by atoms with Crippen LogP contribution in [0.3, 0.4) is 0 Å². The van der Waals surface area contributed by atoms with Crippen LogP contribution < -0.4 is 10.6 Å². The van der Waals surface area contributed by atoms with Gasteiger partial charge in [0.1, 0.15) is 0 Å². The maximum atomic E-state index is 3.49. The number of rotatable bonds is 2. The lowest BCUT2D eigenvalue weighted by atomic mass is 10.0. The lowest BCUT2D eigenvalue weighted by Crippen LogP contribution is -2.48. The predicted molar refractivity (Wildman–Crippen MR) is 52.6 cm³/mol. The van der Waals surface area contributed by atoms with E-state index in [0.717, 1.165) is 17.8 Å². The second-order valence-electron chi connectivity index (χ2n) is 4.92. The highest BCUT2D eigenvalue weighted by Gasteiger charge is 2.36. The third-order valence-electron chi connectivity index (χ3n) is 3.85. The first-order valence-electron chi connectivity index (χ1n) is 5.55. The van der Waals surface area contributed by atoms with Crippen molar-refractivity contribution in [1.82, 2.24) is 15.5 Å². The zero-order valence-electron chi connectivity index (χ0n) is 8.13. The second kappa shape index (κ2) is 3.23. The van der Waals surface area contributed by atoms with Crippen molar-refractivity contribution in [2.45, 2.75) is 0 Å². The molecular formula is C10H19N3. The first-order chi connectivity index (χ1) is 6.42. The normalized spacial score (nSPS) is 40.6. The molecule has 2 unspecified atom stereocenters. The summed E-state index contributed by atoms with van der Waals surface area (Å²) in [6.45, 7) is 9.10. The fraction of sp³-hybridized carbons (Fsp3) is 1.00. The Balaban J connectivity index is 1.51. The van der Waals surface area contributed by atoms with E-state index in [4.69, 9.17) is 0 Å². The fourth-order valence-electron chi connectivity index (χ4n) is 2.94. The molecule has 3 fully saturated rings. The molecule has 3 nitrogen and oxygen atoms in total. The van der Waals surface area contributed by atoms with Crippen LogP contribution >= 0.6 is 0 Å². The van der Waals surface area contributed by atoms with Gasteiger partial charge in [-0.3, -0.25) is 0 Å². The van der Waals surface area contributed by atoms with Gasteiger partial charge in [-0.05, 0) is 30.8 Å². The topological polar surface area (TPSA) is 27.3 Å². The molecule has 13 heavy (non-hydrogen) atoms. The van der Waals surface area contributed by atoms with Gasteiger partial charge in [-0.25, -0.2) is 0 Å². The van der Waals surface area contributed by atoms with Crippen molar-refractivity contribution < 1.29 is 0 Å². The average Bonchev–Trinajstić information content (AvgIpc) is 2.54. The van der Waals surface area contributed by atoms with Crippen molar-refractivity contribution >= 4 is 0 Å². The summed E-state index contributed by atoms with van der Waals surface area (Å²) in [5.74, 6) is 2.88. The minimum atomic E-state index is 0.951. The molecule has 3 heterocycles. The minimum Gasteiger partial charge on any atom is -0.316 e. The van der Waals surface area contributed by atoms with Crippen LogP contribution in [0.25, 0.3) is 0 Å². The Bertz CT molecular complexity index is 176. The summed E-state index contributed by atoms with van der Waals surface area (Å²) in [6.07, 6.45) is 0. The van der Waals surface area contributed by atoms with E-state index in [0.29, 0.717) is 0 Å². The zero-order chi connectivity index (χ0) is 8.67. The Morgan fingerprint density at radius 2 is 1.54 bits per heavy atom. The summed E-state index contributed by atoms with van der Waals surface area (Å²) in [5.41, 5.74) is 0. The predicted octanol–water partition coefficient (Wildman–Crippen LogP) is -0.643. The molecule has 74 valence electrons. The van der Waals surface area contributed by atoms with Crippen molar-refractivity contribution in [3.63, 3.8) is 0 Å². The molecule has 0 spiro atoms. The number of likely N-dealkylation sites (tertiary alicyclic amines) is 1. The van der Waals surface area contributed by atoms with E-state index in [9.17, 15) is 0 Å². The van der Waals surface area contributed by atoms with Gasteiger partial charge in [0.15, 0.2) is 0 Å². The molecule has 3 aliphatic heterocycles. The van der Waals surface area contributed by atoms with E-state index in [1.807, 2.05) is 0 Å². The van der Waals surface area contributed by atoms with Crippen LogP contribution in [0.5, 0.6) is 0 Å². The lowest BCUT2D eigenvalue weighted by Gasteiger charge is -2.31. The molecule has 0 aromatic heterocycles. The van der Waals surface area contributed by atoms with Crippen molar-refractivity contribution in [3.8, 4) is 0 Å². The van der Waals surface area contributed by atoms with Crippen LogP contribution in [0.2, 0.25) is 0 Å². The van der Waals surface area contributed by atoms with Gasteiger partial charge in [-0.2, -0.15) is 0 Å². The van der Waals surface area contributed by atoms with E-state index in [2.05, 4.69) is 15.5 Å². The Labute approximate surface area is 79.9 Å². The Hall–Kier alpha value is -0.120. The quantitative estimate of drug-likeness (QED) is 0.593. The summed E-state index contributed by atoms with van der Waals surface area (Å²) in [6, 6.07) is 0. The maximum absolute atomic E-state index is 3.49. The molecule has 0 amide bonds. The Morgan fingerprint density at radius 3 is 2.08 bits per heavy atom. The summed E-state index contributed by atoms with van der Waals surface area (Å²) >= 11 is 0. The van der Waals surface area contributed by atoms with E-state index >= 15 is 0 Å². The summed E-state index contributed by atoms with van der Waals surface area (Å²) in [7, 11) is 0. The average molecular weight is 181 g/mol. The molecule has 3 heteroatoms. The van der Waals surface area contributed by atoms with Gasteiger partial charge < -0.3 is 15.5 Å². The zero-order valence-corrected chi connectivity index (χ0v) is 8.13. The van der Waals surface area contributed by atoms with Crippen molar-refractivity contribution in [3.05, 3.63) is 0 Å². The van der Waals surface area contributed by atoms with Gasteiger partial charge in [0, 0.05) is 32.7 Å². The Kier molecular flexibility index (Phi) is 2.04. The van der Waals surface area contributed by atoms with Crippen molar-refractivity contribution in [2.24, 2.45) is 17.8 Å². The largest absolute Gasteiger partial charge is 0.316 e. The second-order valence-corrected chi connectivity index (χ2v) is 4.92.